The smallest absolute Gasteiger partial charge is 0.278 e. The van der Waals surface area contributed by atoms with Crippen LogP contribution in [0.3, 0.4) is 0 Å². The number of benzene rings is 1. The first-order valence-corrected chi connectivity index (χ1v) is 9.30. The van der Waals surface area contributed by atoms with E-state index in [1.54, 1.807) is 36.7 Å². The molecule has 4 aromatic rings. The monoisotopic (exact) mass is 418 g/mol. The van der Waals surface area contributed by atoms with Gasteiger partial charge in [0.25, 0.3) is 11.4 Å². The van der Waals surface area contributed by atoms with Crippen LogP contribution in [0.2, 0.25) is 0 Å². The van der Waals surface area contributed by atoms with Crippen LogP contribution in [0.25, 0.3) is 23.0 Å². The van der Waals surface area contributed by atoms with Gasteiger partial charge < -0.3 is 14.6 Å². The van der Waals surface area contributed by atoms with Gasteiger partial charge in [0.15, 0.2) is 0 Å². The number of carbonyl (C=O) groups is 1. The van der Waals surface area contributed by atoms with Crippen LogP contribution in [-0.4, -0.2) is 37.9 Å². The van der Waals surface area contributed by atoms with Gasteiger partial charge in [-0.15, -0.1) is 0 Å². The van der Waals surface area contributed by atoms with Crippen LogP contribution in [0.15, 0.2) is 64.2 Å². The number of rotatable bonds is 6. The van der Waals surface area contributed by atoms with Crippen molar-refractivity contribution >= 4 is 11.6 Å². The average Bonchev–Trinajstić information content (AvgIpc) is 3.26. The van der Waals surface area contributed by atoms with Crippen molar-refractivity contribution in [2.75, 3.05) is 12.4 Å². The first-order valence-electron chi connectivity index (χ1n) is 9.30. The van der Waals surface area contributed by atoms with E-state index in [0.29, 0.717) is 17.3 Å². The number of hydrogen-bond donors (Lipinski definition) is 1. The van der Waals surface area contributed by atoms with Gasteiger partial charge >= 0.3 is 0 Å². The summed E-state index contributed by atoms with van der Waals surface area (Å²) in [5, 5.41) is 10.9. The summed E-state index contributed by atoms with van der Waals surface area (Å²) in [5.41, 5.74) is 2.02. The second-order valence-corrected chi connectivity index (χ2v) is 6.63. The van der Waals surface area contributed by atoms with Crippen molar-refractivity contribution in [3.8, 4) is 28.7 Å². The van der Waals surface area contributed by atoms with Crippen molar-refractivity contribution in [3.63, 3.8) is 0 Å². The molecule has 0 fully saturated rings. The summed E-state index contributed by atoms with van der Waals surface area (Å²) in [6.45, 7) is 1.60. The van der Waals surface area contributed by atoms with E-state index in [4.69, 9.17) is 9.26 Å². The summed E-state index contributed by atoms with van der Waals surface area (Å²) in [6, 6.07) is 11.6. The van der Waals surface area contributed by atoms with E-state index in [1.165, 1.54) is 19.2 Å². The lowest BCUT2D eigenvalue weighted by Crippen LogP contribution is -2.29. The van der Waals surface area contributed by atoms with Gasteiger partial charge in [0.1, 0.15) is 18.0 Å². The largest absolute Gasteiger partial charge is 0.495 e. The fourth-order valence-electron chi connectivity index (χ4n) is 2.87. The Morgan fingerprint density at radius 1 is 1.16 bits per heavy atom. The molecule has 4 rings (SSSR count). The van der Waals surface area contributed by atoms with Gasteiger partial charge in [-0.2, -0.15) is 10.1 Å². The minimum Gasteiger partial charge on any atom is -0.495 e. The number of methoxy groups -OCH3 is 1. The highest BCUT2D eigenvalue weighted by Crippen LogP contribution is 2.25. The fraction of sp³-hybridized carbons (Fsp3) is 0.143. The molecule has 0 bridgehead atoms. The molecule has 0 aliphatic carbocycles. The third-order valence-corrected chi connectivity index (χ3v) is 4.37. The van der Waals surface area contributed by atoms with E-state index in [0.717, 1.165) is 15.8 Å². The maximum absolute atomic E-state index is 12.5. The maximum atomic E-state index is 12.5. The molecule has 0 saturated heterocycles. The number of nitrogens with one attached hydrogen (secondary N) is 1. The van der Waals surface area contributed by atoms with Crippen LogP contribution >= 0.6 is 0 Å². The Bertz CT molecular complexity index is 1280. The summed E-state index contributed by atoms with van der Waals surface area (Å²) in [4.78, 5) is 33.0. The van der Waals surface area contributed by atoms with Crippen LogP contribution in [-0.2, 0) is 11.3 Å². The zero-order chi connectivity index (χ0) is 21.8. The molecule has 0 radical (unpaired) electrons. The van der Waals surface area contributed by atoms with Gasteiger partial charge in [0, 0.05) is 24.0 Å². The number of ether oxygens (including phenoxy) is 1. The van der Waals surface area contributed by atoms with Crippen LogP contribution in [0.1, 0.15) is 5.56 Å². The molecule has 0 aliphatic heterocycles. The molecular formula is C21H18N6O4. The predicted octanol–water partition coefficient (Wildman–Crippen LogP) is 2.31. The van der Waals surface area contributed by atoms with Gasteiger partial charge in [0.2, 0.25) is 11.7 Å². The predicted molar refractivity (Wildman–Crippen MR) is 111 cm³/mol. The van der Waals surface area contributed by atoms with Gasteiger partial charge in [-0.25, -0.2) is 4.68 Å². The van der Waals surface area contributed by atoms with Crippen molar-refractivity contribution in [2.45, 2.75) is 13.5 Å². The van der Waals surface area contributed by atoms with Crippen LogP contribution in [0.4, 0.5) is 5.69 Å². The Kier molecular flexibility index (Phi) is 5.52. The van der Waals surface area contributed by atoms with Gasteiger partial charge in [-0.1, -0.05) is 11.2 Å². The third-order valence-electron chi connectivity index (χ3n) is 4.37. The van der Waals surface area contributed by atoms with Crippen molar-refractivity contribution < 1.29 is 14.1 Å². The molecule has 1 aromatic carbocycles. The number of aromatic nitrogens is 5. The summed E-state index contributed by atoms with van der Waals surface area (Å²) in [7, 11) is 1.51. The van der Waals surface area contributed by atoms with E-state index in [9.17, 15) is 9.59 Å². The average molecular weight is 418 g/mol. The molecule has 3 heterocycles. The summed E-state index contributed by atoms with van der Waals surface area (Å²) in [5.74, 6) is 0.573. The normalized spacial score (nSPS) is 10.6. The van der Waals surface area contributed by atoms with Crippen molar-refractivity contribution in [1.82, 2.24) is 24.9 Å². The lowest BCUT2D eigenvalue weighted by molar-refractivity contribution is -0.117. The van der Waals surface area contributed by atoms with Crippen LogP contribution < -0.4 is 15.6 Å². The minimum absolute atomic E-state index is 0.126. The SMILES string of the molecule is COc1ccc(C)cc1NC(=O)Cn1nc(-c2nc(-c3ccncc3)no2)ccc1=O. The second kappa shape index (κ2) is 8.57. The molecular weight excluding hydrogens is 400 g/mol. The van der Waals surface area contributed by atoms with E-state index >= 15 is 0 Å². The number of pyridine rings is 1. The minimum atomic E-state index is -0.441. The Morgan fingerprint density at radius 3 is 2.74 bits per heavy atom. The molecule has 10 nitrogen and oxygen atoms in total. The number of nitrogens with zero attached hydrogens (tertiary/aromatic N) is 5. The van der Waals surface area contributed by atoms with Crippen molar-refractivity contribution in [3.05, 3.63) is 70.8 Å². The van der Waals surface area contributed by atoms with Crippen molar-refractivity contribution in [1.29, 1.82) is 0 Å². The lowest BCUT2D eigenvalue weighted by Gasteiger charge is -2.11. The van der Waals surface area contributed by atoms with E-state index in [2.05, 4.69) is 25.5 Å². The highest BCUT2D eigenvalue weighted by atomic mass is 16.5. The van der Waals surface area contributed by atoms with E-state index in [-0.39, 0.29) is 18.1 Å². The standard InChI is InChI=1S/C21H18N6O4/c1-13-3-5-17(30-2)16(11-13)23-18(28)12-27-19(29)6-4-15(25-27)21-24-20(26-31-21)14-7-9-22-10-8-14/h3-11H,12H2,1-2H3,(H,23,28). The van der Waals surface area contributed by atoms with E-state index < -0.39 is 11.5 Å². The molecule has 0 saturated carbocycles. The van der Waals surface area contributed by atoms with Crippen molar-refractivity contribution in [2.24, 2.45) is 0 Å². The van der Waals surface area contributed by atoms with Gasteiger partial charge in [-0.05, 0) is 42.8 Å². The molecule has 0 unspecified atom stereocenters. The Balaban J connectivity index is 1.55. The highest BCUT2D eigenvalue weighted by Gasteiger charge is 2.15. The molecule has 3 aromatic heterocycles. The number of anilines is 1. The molecule has 0 atom stereocenters. The van der Waals surface area contributed by atoms with Crippen LogP contribution in [0, 0.1) is 6.92 Å². The summed E-state index contributed by atoms with van der Waals surface area (Å²) < 4.78 is 11.6. The Labute approximate surface area is 176 Å². The van der Waals surface area contributed by atoms with Gasteiger partial charge in [0.05, 0.1) is 12.8 Å². The fourth-order valence-corrected chi connectivity index (χ4v) is 2.87. The first kappa shape index (κ1) is 20.0. The quantitative estimate of drug-likeness (QED) is 0.506. The van der Waals surface area contributed by atoms with Crippen LogP contribution in [0.5, 0.6) is 5.75 Å². The third kappa shape index (κ3) is 4.47. The lowest BCUT2D eigenvalue weighted by atomic mass is 10.2. The van der Waals surface area contributed by atoms with E-state index in [1.807, 2.05) is 13.0 Å². The molecule has 0 aliphatic rings. The zero-order valence-electron chi connectivity index (χ0n) is 16.8. The zero-order valence-corrected chi connectivity index (χ0v) is 16.8. The van der Waals surface area contributed by atoms with Gasteiger partial charge in [-0.3, -0.25) is 14.6 Å². The second-order valence-electron chi connectivity index (χ2n) is 6.63. The Hall–Kier alpha value is -4.34. The number of amides is 1. The maximum Gasteiger partial charge on any atom is 0.278 e. The topological polar surface area (TPSA) is 125 Å². The number of hydrogen-bond acceptors (Lipinski definition) is 8. The number of aryl methyl sites for hydroxylation is 1. The molecule has 156 valence electrons. The summed E-state index contributed by atoms with van der Waals surface area (Å²) >= 11 is 0. The summed E-state index contributed by atoms with van der Waals surface area (Å²) in [6.07, 6.45) is 3.23. The molecule has 0 spiro atoms. The molecule has 31 heavy (non-hydrogen) atoms. The Morgan fingerprint density at radius 2 is 1.97 bits per heavy atom. The molecule has 10 heteroatoms. The first-order chi connectivity index (χ1) is 15.0. The highest BCUT2D eigenvalue weighted by molar-refractivity contribution is 5.92. The molecule has 1 N–H and O–H groups in total. The number of carbonyl (C=O) groups excluding carboxylic acids is 1. The molecule has 1 amide bonds.